The van der Waals surface area contributed by atoms with Crippen molar-refractivity contribution in [3.05, 3.63) is 0 Å². The number of esters is 1. The van der Waals surface area contributed by atoms with Crippen molar-refractivity contribution in [3.63, 3.8) is 0 Å². The van der Waals surface area contributed by atoms with Crippen LogP contribution in [-0.2, 0) is 14.3 Å². The summed E-state index contributed by atoms with van der Waals surface area (Å²) in [6.07, 6.45) is 6.99. The molecule has 0 saturated heterocycles. The van der Waals surface area contributed by atoms with Crippen molar-refractivity contribution >= 4 is 11.8 Å². The van der Waals surface area contributed by atoms with E-state index in [-0.39, 0.29) is 34.9 Å². The fourth-order valence-electron chi connectivity index (χ4n) is 7.43. The highest BCUT2D eigenvalue weighted by atomic mass is 16.5. The highest BCUT2D eigenvalue weighted by molar-refractivity contribution is 5.79. The molecule has 0 aliphatic heterocycles. The van der Waals surface area contributed by atoms with E-state index >= 15 is 0 Å². The molecule has 0 aromatic heterocycles. The summed E-state index contributed by atoms with van der Waals surface area (Å²) in [6.45, 7) is 6.16. The van der Waals surface area contributed by atoms with Gasteiger partial charge in [-0.05, 0) is 67.6 Å². The molecule has 1 N–H and O–H groups in total. The summed E-state index contributed by atoms with van der Waals surface area (Å²) in [7, 11) is 0. The standard InChI is InChI=1S/C21H32O4/c1-12(22)25-19-5-4-15-14-11-18(24)17-10-13(23)6-8-20(17,2)16(14)7-9-21(15,19)3/h14-19,24H,4-11H2,1-3H3/t14-,15+,16+,17+,18+,19-,20+,21-/m0/s1. The predicted molar refractivity (Wildman–Crippen MR) is 93.7 cm³/mol. The molecule has 0 radical (unpaired) electrons. The van der Waals surface area contributed by atoms with Crippen LogP contribution < -0.4 is 0 Å². The van der Waals surface area contributed by atoms with Crippen LogP contribution in [0, 0.1) is 34.5 Å². The smallest absolute Gasteiger partial charge is 0.302 e. The lowest BCUT2D eigenvalue weighted by atomic mass is 9.44. The summed E-state index contributed by atoms with van der Waals surface area (Å²) in [4.78, 5) is 23.5. The second-order valence-corrected chi connectivity index (χ2v) is 9.75. The van der Waals surface area contributed by atoms with Crippen LogP contribution in [0.5, 0.6) is 0 Å². The van der Waals surface area contributed by atoms with Crippen molar-refractivity contribution < 1.29 is 19.4 Å². The molecule has 4 fully saturated rings. The van der Waals surface area contributed by atoms with E-state index in [0.29, 0.717) is 36.4 Å². The highest BCUT2D eigenvalue weighted by Gasteiger charge is 2.62. The van der Waals surface area contributed by atoms with Crippen LogP contribution in [0.25, 0.3) is 0 Å². The first-order valence-electron chi connectivity index (χ1n) is 10.1. The Labute approximate surface area is 150 Å². The number of rotatable bonds is 1. The Morgan fingerprint density at radius 3 is 2.52 bits per heavy atom. The summed E-state index contributed by atoms with van der Waals surface area (Å²) < 4.78 is 5.69. The van der Waals surface area contributed by atoms with Crippen LogP contribution >= 0.6 is 0 Å². The Hall–Kier alpha value is -0.900. The van der Waals surface area contributed by atoms with Crippen LogP contribution in [0.1, 0.15) is 72.1 Å². The lowest BCUT2D eigenvalue weighted by Crippen LogP contribution is -2.58. The van der Waals surface area contributed by atoms with Gasteiger partial charge in [-0.3, -0.25) is 9.59 Å². The van der Waals surface area contributed by atoms with Gasteiger partial charge in [-0.2, -0.15) is 0 Å². The van der Waals surface area contributed by atoms with Crippen LogP contribution in [0.2, 0.25) is 0 Å². The topological polar surface area (TPSA) is 63.6 Å². The number of hydrogen-bond acceptors (Lipinski definition) is 4. The number of ketones is 1. The predicted octanol–water partition coefficient (Wildman–Crippen LogP) is 3.50. The minimum atomic E-state index is -0.356. The van der Waals surface area contributed by atoms with E-state index < -0.39 is 0 Å². The Bertz CT molecular complexity index is 586. The number of aliphatic hydroxyl groups excluding tert-OH is 1. The highest BCUT2D eigenvalue weighted by Crippen LogP contribution is 2.66. The van der Waals surface area contributed by atoms with Gasteiger partial charge < -0.3 is 9.84 Å². The molecular formula is C21H32O4. The molecule has 0 spiro atoms. The molecule has 0 aromatic rings. The Morgan fingerprint density at radius 1 is 1.08 bits per heavy atom. The minimum Gasteiger partial charge on any atom is -0.462 e. The zero-order valence-electron chi connectivity index (χ0n) is 15.8. The molecule has 4 saturated carbocycles. The second-order valence-electron chi connectivity index (χ2n) is 9.75. The van der Waals surface area contributed by atoms with Gasteiger partial charge in [0.2, 0.25) is 0 Å². The fourth-order valence-corrected chi connectivity index (χ4v) is 7.43. The van der Waals surface area contributed by atoms with Gasteiger partial charge >= 0.3 is 5.97 Å². The maximum Gasteiger partial charge on any atom is 0.302 e. The molecule has 8 atom stereocenters. The number of aliphatic hydroxyl groups is 1. The summed E-state index contributed by atoms with van der Waals surface area (Å²) in [5.74, 6) is 1.93. The van der Waals surface area contributed by atoms with Crippen molar-refractivity contribution in [2.24, 2.45) is 34.5 Å². The van der Waals surface area contributed by atoms with Gasteiger partial charge in [0.25, 0.3) is 0 Å². The monoisotopic (exact) mass is 348 g/mol. The van der Waals surface area contributed by atoms with E-state index in [1.165, 1.54) is 6.92 Å². The van der Waals surface area contributed by atoms with E-state index in [1.807, 2.05) is 0 Å². The van der Waals surface area contributed by atoms with Crippen molar-refractivity contribution in [3.8, 4) is 0 Å². The molecule has 4 heteroatoms. The average Bonchev–Trinajstić information content (AvgIpc) is 2.86. The van der Waals surface area contributed by atoms with Crippen molar-refractivity contribution in [1.82, 2.24) is 0 Å². The SMILES string of the molecule is CC(=O)O[C@H]1CC[C@@H]2[C@@H]3C[C@@H](O)[C@H]4CC(=O)CC[C@]4(C)[C@@H]3CC[C@]12C. The summed E-state index contributed by atoms with van der Waals surface area (Å²) in [5.41, 5.74) is 0.150. The van der Waals surface area contributed by atoms with Gasteiger partial charge in [0.15, 0.2) is 0 Å². The number of hydrogen-bond donors (Lipinski definition) is 1. The van der Waals surface area contributed by atoms with Gasteiger partial charge in [-0.15, -0.1) is 0 Å². The number of carbonyl (C=O) groups excluding carboxylic acids is 2. The average molecular weight is 348 g/mol. The van der Waals surface area contributed by atoms with Crippen molar-refractivity contribution in [2.45, 2.75) is 84.3 Å². The third-order valence-corrected chi connectivity index (χ3v) is 8.72. The van der Waals surface area contributed by atoms with Crippen LogP contribution in [0.15, 0.2) is 0 Å². The van der Waals surface area contributed by atoms with E-state index in [2.05, 4.69) is 13.8 Å². The number of ether oxygens (including phenoxy) is 1. The van der Waals surface area contributed by atoms with E-state index in [4.69, 9.17) is 4.74 Å². The van der Waals surface area contributed by atoms with Gasteiger partial charge in [-0.1, -0.05) is 13.8 Å². The largest absolute Gasteiger partial charge is 0.462 e. The molecule has 0 heterocycles. The van der Waals surface area contributed by atoms with Gasteiger partial charge in [-0.25, -0.2) is 0 Å². The second kappa shape index (κ2) is 5.80. The molecule has 140 valence electrons. The van der Waals surface area contributed by atoms with Crippen LogP contribution in [0.4, 0.5) is 0 Å². The zero-order valence-corrected chi connectivity index (χ0v) is 15.8. The molecule has 4 aliphatic rings. The third kappa shape index (κ3) is 2.50. The fraction of sp³-hybridized carbons (Fsp3) is 0.905. The normalized spacial score (nSPS) is 52.1. The van der Waals surface area contributed by atoms with Gasteiger partial charge in [0.05, 0.1) is 6.10 Å². The summed E-state index contributed by atoms with van der Waals surface area (Å²) in [6, 6.07) is 0. The van der Waals surface area contributed by atoms with Crippen molar-refractivity contribution in [1.29, 1.82) is 0 Å². The quantitative estimate of drug-likeness (QED) is 0.737. The molecule has 4 rings (SSSR count). The van der Waals surface area contributed by atoms with Crippen LogP contribution in [0.3, 0.4) is 0 Å². The molecule has 0 unspecified atom stereocenters. The number of Topliss-reactive ketones (excluding diaryl/α,β-unsaturated/α-hetero) is 1. The van der Waals surface area contributed by atoms with E-state index in [0.717, 1.165) is 38.5 Å². The first-order chi connectivity index (χ1) is 11.8. The maximum atomic E-state index is 12.0. The first kappa shape index (κ1) is 17.5. The lowest BCUT2D eigenvalue weighted by Gasteiger charge is -2.61. The molecule has 4 nitrogen and oxygen atoms in total. The third-order valence-electron chi connectivity index (χ3n) is 8.72. The number of fused-ring (bicyclic) bond motifs is 5. The summed E-state index contributed by atoms with van der Waals surface area (Å²) >= 11 is 0. The van der Waals surface area contributed by atoms with E-state index in [9.17, 15) is 14.7 Å². The summed E-state index contributed by atoms with van der Waals surface area (Å²) in [5, 5.41) is 10.9. The first-order valence-corrected chi connectivity index (χ1v) is 10.1. The molecule has 4 aliphatic carbocycles. The Balaban J connectivity index is 1.62. The molecule has 0 bridgehead atoms. The molecule has 25 heavy (non-hydrogen) atoms. The number of carbonyl (C=O) groups is 2. The van der Waals surface area contributed by atoms with Gasteiger partial charge in [0.1, 0.15) is 11.9 Å². The van der Waals surface area contributed by atoms with Crippen LogP contribution in [-0.4, -0.2) is 29.1 Å². The molecule has 0 aromatic carbocycles. The van der Waals surface area contributed by atoms with Crippen molar-refractivity contribution in [2.75, 3.05) is 0 Å². The molecule has 0 amide bonds. The Kier molecular flexibility index (Phi) is 4.06. The van der Waals surface area contributed by atoms with Gasteiger partial charge in [0, 0.05) is 25.2 Å². The van der Waals surface area contributed by atoms with E-state index in [1.54, 1.807) is 0 Å². The maximum absolute atomic E-state index is 12.0. The Morgan fingerprint density at radius 2 is 1.80 bits per heavy atom. The zero-order chi connectivity index (χ0) is 18.0. The minimum absolute atomic E-state index is 0.0338. The molecular weight excluding hydrogens is 316 g/mol. The lowest BCUT2D eigenvalue weighted by molar-refractivity contribution is -0.176.